The average Bonchev–Trinajstić information content (AvgIpc) is 2.92. The van der Waals surface area contributed by atoms with Crippen LogP contribution in [0.5, 0.6) is 0 Å². The molecule has 1 N–H and O–H groups in total. The zero-order valence-electron chi connectivity index (χ0n) is 9.95. The van der Waals surface area contributed by atoms with Gasteiger partial charge in [0.25, 0.3) is 0 Å². The van der Waals surface area contributed by atoms with Crippen LogP contribution in [0, 0.1) is 17.0 Å². The third-order valence-electron chi connectivity index (χ3n) is 2.52. The van der Waals surface area contributed by atoms with Crippen LogP contribution in [0.15, 0.2) is 10.9 Å². The molecule has 0 aliphatic carbocycles. The highest BCUT2D eigenvalue weighted by Gasteiger charge is 2.23. The number of anilines is 1. The Morgan fingerprint density at radius 1 is 1.61 bits per heavy atom. The lowest BCUT2D eigenvalue weighted by molar-refractivity contribution is -0.388. The van der Waals surface area contributed by atoms with Crippen molar-refractivity contribution < 1.29 is 9.45 Å². The van der Waals surface area contributed by atoms with E-state index < -0.39 is 4.92 Å². The van der Waals surface area contributed by atoms with Gasteiger partial charge in [0.15, 0.2) is 5.82 Å². The molecule has 2 aromatic heterocycles. The lowest BCUT2D eigenvalue weighted by Crippen LogP contribution is -2.10. The van der Waals surface area contributed by atoms with E-state index in [9.17, 15) is 10.1 Å². The number of nitro groups is 1. The van der Waals surface area contributed by atoms with Crippen molar-refractivity contribution in [3.63, 3.8) is 0 Å². The molecule has 0 bridgehead atoms. The van der Waals surface area contributed by atoms with Crippen molar-refractivity contribution in [1.29, 1.82) is 0 Å². The van der Waals surface area contributed by atoms with Crippen molar-refractivity contribution in [2.45, 2.75) is 13.3 Å². The fourth-order valence-corrected chi connectivity index (χ4v) is 1.51. The molecule has 9 nitrogen and oxygen atoms in total. The summed E-state index contributed by atoms with van der Waals surface area (Å²) < 4.78 is 6.23. The normalized spacial score (nSPS) is 10.6. The molecule has 9 heteroatoms. The zero-order valence-corrected chi connectivity index (χ0v) is 9.95. The average molecular weight is 252 g/mol. The van der Waals surface area contributed by atoms with Gasteiger partial charge >= 0.3 is 5.82 Å². The smallest absolute Gasteiger partial charge is 0.364 e. The third-order valence-corrected chi connectivity index (χ3v) is 2.52. The standard InChI is InChI=1S/C9H12N6O3/c1-6-12-9(15(16)17)8(14(6)2)10-4-3-7-11-5-18-13-7/h5,10H,3-4H2,1-2H3. The second-order valence-electron chi connectivity index (χ2n) is 3.67. The Labute approximate surface area is 102 Å². The van der Waals surface area contributed by atoms with Crippen LogP contribution in [0.1, 0.15) is 11.6 Å². The second-order valence-corrected chi connectivity index (χ2v) is 3.67. The molecule has 96 valence electrons. The summed E-state index contributed by atoms with van der Waals surface area (Å²) in [5.41, 5.74) is 0. The number of hydrogen-bond acceptors (Lipinski definition) is 7. The number of hydrogen-bond donors (Lipinski definition) is 1. The van der Waals surface area contributed by atoms with Crippen molar-refractivity contribution in [3.05, 3.63) is 28.2 Å². The Balaban J connectivity index is 2.06. The van der Waals surface area contributed by atoms with Crippen molar-refractivity contribution >= 4 is 11.6 Å². The summed E-state index contributed by atoms with van der Waals surface area (Å²) in [5.74, 6) is 1.32. The molecule has 0 aliphatic heterocycles. The van der Waals surface area contributed by atoms with Crippen LogP contribution in [-0.4, -0.2) is 31.2 Å². The van der Waals surface area contributed by atoms with Crippen LogP contribution in [0.4, 0.5) is 11.6 Å². The predicted molar refractivity (Wildman–Crippen MR) is 61.1 cm³/mol. The number of nitrogens with one attached hydrogen (secondary N) is 1. The quantitative estimate of drug-likeness (QED) is 0.614. The predicted octanol–water partition coefficient (Wildman–Crippen LogP) is 0.674. The number of rotatable bonds is 5. The molecule has 0 unspecified atom stereocenters. The summed E-state index contributed by atoms with van der Waals surface area (Å²) in [5, 5.41) is 17.4. The van der Waals surface area contributed by atoms with Gasteiger partial charge in [0.05, 0.1) is 0 Å². The first-order valence-corrected chi connectivity index (χ1v) is 5.26. The molecule has 0 aliphatic rings. The van der Waals surface area contributed by atoms with Gasteiger partial charge in [-0.3, -0.25) is 4.57 Å². The maximum Gasteiger partial charge on any atom is 0.406 e. The molecule has 0 amide bonds. The summed E-state index contributed by atoms with van der Waals surface area (Å²) in [6, 6.07) is 0. The second kappa shape index (κ2) is 4.82. The van der Waals surface area contributed by atoms with Crippen LogP contribution in [0.25, 0.3) is 0 Å². The molecule has 0 aromatic carbocycles. The Morgan fingerprint density at radius 3 is 3.00 bits per heavy atom. The Hall–Kier alpha value is -2.45. The molecular formula is C9H12N6O3. The van der Waals surface area contributed by atoms with Crippen LogP contribution < -0.4 is 5.32 Å². The van der Waals surface area contributed by atoms with Gasteiger partial charge in [-0.05, 0) is 9.91 Å². The highest BCUT2D eigenvalue weighted by atomic mass is 16.6. The zero-order chi connectivity index (χ0) is 13.1. The van der Waals surface area contributed by atoms with Gasteiger partial charge < -0.3 is 20.0 Å². The van der Waals surface area contributed by atoms with Gasteiger partial charge in [-0.1, -0.05) is 5.16 Å². The number of nitrogens with zero attached hydrogens (tertiary/aromatic N) is 5. The molecule has 0 atom stereocenters. The summed E-state index contributed by atoms with van der Waals surface area (Å²) in [4.78, 5) is 18.1. The summed E-state index contributed by atoms with van der Waals surface area (Å²) in [6.07, 6.45) is 1.75. The molecule has 0 saturated heterocycles. The first-order chi connectivity index (χ1) is 8.59. The fraction of sp³-hybridized carbons (Fsp3) is 0.444. The van der Waals surface area contributed by atoms with E-state index in [2.05, 4.69) is 25.0 Å². The van der Waals surface area contributed by atoms with E-state index in [1.54, 1.807) is 18.5 Å². The summed E-state index contributed by atoms with van der Waals surface area (Å²) >= 11 is 0. The van der Waals surface area contributed by atoms with Gasteiger partial charge in [0.1, 0.15) is 0 Å². The third kappa shape index (κ3) is 2.29. The van der Waals surface area contributed by atoms with Crippen molar-refractivity contribution in [1.82, 2.24) is 19.7 Å². The van der Waals surface area contributed by atoms with E-state index >= 15 is 0 Å². The van der Waals surface area contributed by atoms with Crippen LogP contribution in [-0.2, 0) is 13.5 Å². The van der Waals surface area contributed by atoms with Crippen molar-refractivity contribution in [2.24, 2.45) is 7.05 Å². The highest BCUT2D eigenvalue weighted by Crippen LogP contribution is 2.23. The minimum absolute atomic E-state index is 0.178. The molecular weight excluding hydrogens is 240 g/mol. The monoisotopic (exact) mass is 252 g/mol. The fourth-order valence-electron chi connectivity index (χ4n) is 1.51. The van der Waals surface area contributed by atoms with Crippen LogP contribution in [0.3, 0.4) is 0 Å². The molecule has 0 saturated carbocycles. The van der Waals surface area contributed by atoms with E-state index in [0.29, 0.717) is 30.4 Å². The topological polar surface area (TPSA) is 112 Å². The van der Waals surface area contributed by atoms with E-state index in [1.807, 2.05) is 0 Å². The Kier molecular flexibility index (Phi) is 3.22. The van der Waals surface area contributed by atoms with E-state index in [-0.39, 0.29) is 5.82 Å². The van der Waals surface area contributed by atoms with Crippen molar-refractivity contribution in [2.75, 3.05) is 11.9 Å². The first kappa shape index (κ1) is 12.0. The van der Waals surface area contributed by atoms with Gasteiger partial charge in [-0.2, -0.15) is 4.98 Å². The first-order valence-electron chi connectivity index (χ1n) is 5.26. The van der Waals surface area contributed by atoms with Gasteiger partial charge in [-0.25, -0.2) is 0 Å². The largest absolute Gasteiger partial charge is 0.406 e. The number of aryl methyl sites for hydroxylation is 1. The number of aromatic nitrogens is 4. The molecule has 2 aromatic rings. The summed E-state index contributed by atoms with van der Waals surface area (Å²) in [7, 11) is 1.71. The molecule has 18 heavy (non-hydrogen) atoms. The van der Waals surface area contributed by atoms with Crippen LogP contribution in [0.2, 0.25) is 0 Å². The minimum Gasteiger partial charge on any atom is -0.364 e. The molecule has 0 spiro atoms. The Morgan fingerprint density at radius 2 is 2.39 bits per heavy atom. The van der Waals surface area contributed by atoms with Crippen LogP contribution >= 0.6 is 0 Å². The van der Waals surface area contributed by atoms with Gasteiger partial charge in [0.2, 0.25) is 18.0 Å². The van der Waals surface area contributed by atoms with E-state index in [1.165, 1.54) is 6.39 Å². The van der Waals surface area contributed by atoms with E-state index in [0.717, 1.165) is 0 Å². The van der Waals surface area contributed by atoms with E-state index in [4.69, 9.17) is 0 Å². The number of imidazole rings is 1. The maximum absolute atomic E-state index is 10.8. The summed E-state index contributed by atoms with van der Waals surface area (Å²) in [6.45, 7) is 2.16. The molecule has 0 radical (unpaired) electrons. The highest BCUT2D eigenvalue weighted by molar-refractivity contribution is 5.53. The van der Waals surface area contributed by atoms with Crippen molar-refractivity contribution in [3.8, 4) is 0 Å². The minimum atomic E-state index is -0.510. The maximum atomic E-state index is 10.8. The molecule has 2 heterocycles. The lowest BCUT2D eigenvalue weighted by atomic mass is 10.4. The molecule has 0 fully saturated rings. The SMILES string of the molecule is Cc1nc([N+](=O)[O-])c(NCCc2ncon2)n1C. The lowest BCUT2D eigenvalue weighted by Gasteiger charge is -2.04. The van der Waals surface area contributed by atoms with Gasteiger partial charge in [-0.15, -0.1) is 0 Å². The molecule has 2 rings (SSSR count). The van der Waals surface area contributed by atoms with Gasteiger partial charge in [0, 0.05) is 26.9 Å². The Bertz CT molecular complexity index is 547.